The van der Waals surface area contributed by atoms with Crippen molar-refractivity contribution in [2.75, 3.05) is 20.1 Å². The van der Waals surface area contributed by atoms with Crippen molar-refractivity contribution in [2.24, 2.45) is 5.92 Å². The summed E-state index contributed by atoms with van der Waals surface area (Å²) in [6.07, 6.45) is 11.5. The van der Waals surface area contributed by atoms with Gasteiger partial charge in [0, 0.05) is 18.5 Å². The van der Waals surface area contributed by atoms with Crippen molar-refractivity contribution in [1.29, 1.82) is 0 Å². The van der Waals surface area contributed by atoms with Crippen LogP contribution < -0.4 is 5.32 Å². The highest BCUT2D eigenvalue weighted by molar-refractivity contribution is 5.79. The highest BCUT2D eigenvalue weighted by Gasteiger charge is 2.24. The highest BCUT2D eigenvalue weighted by Crippen LogP contribution is 2.26. The van der Waals surface area contributed by atoms with Crippen molar-refractivity contribution in [3.8, 4) is 0 Å². The van der Waals surface area contributed by atoms with E-state index in [0.717, 1.165) is 38.4 Å². The molecule has 0 saturated heterocycles. The molecule has 3 nitrogen and oxygen atoms in total. The Kier molecular flexibility index (Phi) is 5.48. The topological polar surface area (TPSA) is 32.3 Å². The maximum Gasteiger partial charge on any atom is 0.223 e. The Morgan fingerprint density at radius 1 is 1.11 bits per heavy atom. The van der Waals surface area contributed by atoms with Crippen molar-refractivity contribution in [1.82, 2.24) is 10.2 Å². The number of amides is 1. The van der Waals surface area contributed by atoms with Gasteiger partial charge >= 0.3 is 0 Å². The van der Waals surface area contributed by atoms with Crippen molar-refractivity contribution >= 4 is 5.91 Å². The van der Waals surface area contributed by atoms with E-state index in [-0.39, 0.29) is 0 Å². The zero-order valence-electron chi connectivity index (χ0n) is 11.8. The lowest BCUT2D eigenvalue weighted by atomic mass is 9.85. The molecule has 0 spiro atoms. The van der Waals surface area contributed by atoms with Gasteiger partial charge in [0.2, 0.25) is 5.91 Å². The standard InChI is InChI=1S/C15H28N2O/c1-17(14-9-3-2-4-10-14)12-6-11-16-15(18)13-7-5-8-13/h13-14H,2-12H2,1H3,(H,16,18). The largest absolute Gasteiger partial charge is 0.356 e. The summed E-state index contributed by atoms with van der Waals surface area (Å²) in [5.41, 5.74) is 0. The molecule has 1 N–H and O–H groups in total. The van der Waals surface area contributed by atoms with E-state index in [1.165, 1.54) is 38.5 Å². The maximum atomic E-state index is 11.6. The van der Waals surface area contributed by atoms with E-state index in [1.54, 1.807) is 0 Å². The van der Waals surface area contributed by atoms with E-state index >= 15 is 0 Å². The van der Waals surface area contributed by atoms with Gasteiger partial charge in [-0.3, -0.25) is 4.79 Å². The predicted octanol–water partition coefficient (Wildman–Crippen LogP) is 2.56. The first-order chi connectivity index (χ1) is 8.77. The fourth-order valence-corrected chi connectivity index (χ4v) is 3.06. The molecule has 2 fully saturated rings. The van der Waals surface area contributed by atoms with E-state index in [1.807, 2.05) is 0 Å². The van der Waals surface area contributed by atoms with Crippen LogP contribution in [0.4, 0.5) is 0 Å². The molecule has 2 saturated carbocycles. The van der Waals surface area contributed by atoms with Gasteiger partial charge in [-0.25, -0.2) is 0 Å². The second-order valence-electron chi connectivity index (χ2n) is 6.04. The minimum absolute atomic E-state index is 0.293. The van der Waals surface area contributed by atoms with Gasteiger partial charge < -0.3 is 10.2 Å². The van der Waals surface area contributed by atoms with Gasteiger partial charge in [-0.1, -0.05) is 25.7 Å². The Bertz CT molecular complexity index is 257. The summed E-state index contributed by atoms with van der Waals surface area (Å²) in [7, 11) is 2.24. The van der Waals surface area contributed by atoms with Crippen LogP contribution in [-0.2, 0) is 4.79 Å². The van der Waals surface area contributed by atoms with Crippen LogP contribution in [0.2, 0.25) is 0 Å². The van der Waals surface area contributed by atoms with Crippen LogP contribution in [0.1, 0.15) is 57.8 Å². The number of carbonyl (C=O) groups excluding carboxylic acids is 1. The quantitative estimate of drug-likeness (QED) is 0.737. The van der Waals surface area contributed by atoms with Crippen molar-refractivity contribution in [3.05, 3.63) is 0 Å². The fourth-order valence-electron chi connectivity index (χ4n) is 3.06. The molecular weight excluding hydrogens is 224 g/mol. The van der Waals surface area contributed by atoms with Gasteiger partial charge in [-0.05, 0) is 45.7 Å². The zero-order valence-corrected chi connectivity index (χ0v) is 11.8. The van der Waals surface area contributed by atoms with Crippen LogP contribution in [0.5, 0.6) is 0 Å². The average molecular weight is 252 g/mol. The van der Waals surface area contributed by atoms with E-state index in [9.17, 15) is 4.79 Å². The number of hydrogen-bond acceptors (Lipinski definition) is 2. The summed E-state index contributed by atoms with van der Waals surface area (Å²) in [4.78, 5) is 14.1. The lowest BCUT2D eigenvalue weighted by Gasteiger charge is -2.31. The molecule has 0 heterocycles. The molecule has 18 heavy (non-hydrogen) atoms. The van der Waals surface area contributed by atoms with Crippen molar-refractivity contribution in [3.63, 3.8) is 0 Å². The van der Waals surface area contributed by atoms with Gasteiger partial charge in [-0.2, -0.15) is 0 Å². The molecule has 0 radical (unpaired) electrons. The zero-order chi connectivity index (χ0) is 12.8. The van der Waals surface area contributed by atoms with Gasteiger partial charge in [-0.15, -0.1) is 0 Å². The monoisotopic (exact) mass is 252 g/mol. The van der Waals surface area contributed by atoms with Crippen LogP contribution in [-0.4, -0.2) is 37.0 Å². The van der Waals surface area contributed by atoms with Crippen LogP contribution in [0, 0.1) is 5.92 Å². The first kappa shape index (κ1) is 13.9. The minimum atomic E-state index is 0.293. The number of hydrogen-bond donors (Lipinski definition) is 1. The lowest BCUT2D eigenvalue weighted by molar-refractivity contribution is -0.127. The Labute approximate surface area is 111 Å². The molecule has 2 rings (SSSR count). The summed E-state index contributed by atoms with van der Waals surface area (Å²) in [5.74, 6) is 0.627. The predicted molar refractivity (Wildman–Crippen MR) is 74.5 cm³/mol. The molecule has 2 aliphatic rings. The van der Waals surface area contributed by atoms with Crippen molar-refractivity contribution in [2.45, 2.75) is 63.8 Å². The summed E-state index contributed by atoms with van der Waals surface area (Å²) >= 11 is 0. The molecular formula is C15H28N2O. The Morgan fingerprint density at radius 2 is 1.83 bits per heavy atom. The third-order valence-corrected chi connectivity index (χ3v) is 4.66. The van der Waals surface area contributed by atoms with Gasteiger partial charge in [0.25, 0.3) is 0 Å². The van der Waals surface area contributed by atoms with E-state index in [4.69, 9.17) is 0 Å². The number of nitrogens with one attached hydrogen (secondary N) is 1. The second kappa shape index (κ2) is 7.13. The van der Waals surface area contributed by atoms with Crippen molar-refractivity contribution < 1.29 is 4.79 Å². The smallest absolute Gasteiger partial charge is 0.223 e. The molecule has 2 aliphatic carbocycles. The molecule has 3 heteroatoms. The van der Waals surface area contributed by atoms with Gasteiger partial charge in [0.15, 0.2) is 0 Å². The Morgan fingerprint density at radius 3 is 2.44 bits per heavy atom. The molecule has 0 aliphatic heterocycles. The van der Waals surface area contributed by atoms with Crippen LogP contribution >= 0.6 is 0 Å². The second-order valence-corrected chi connectivity index (χ2v) is 6.04. The van der Waals surface area contributed by atoms with Crippen LogP contribution in [0.25, 0.3) is 0 Å². The molecule has 0 aromatic rings. The van der Waals surface area contributed by atoms with Gasteiger partial charge in [0.1, 0.15) is 0 Å². The third kappa shape index (κ3) is 3.98. The number of nitrogens with zero attached hydrogens (tertiary/aromatic N) is 1. The Balaban J connectivity index is 1.52. The van der Waals surface area contributed by atoms with E-state index in [0.29, 0.717) is 11.8 Å². The Hall–Kier alpha value is -0.570. The number of carbonyl (C=O) groups is 1. The first-order valence-corrected chi connectivity index (χ1v) is 7.75. The number of rotatable bonds is 6. The van der Waals surface area contributed by atoms with Gasteiger partial charge in [0.05, 0.1) is 0 Å². The summed E-state index contributed by atoms with van der Waals surface area (Å²) in [6, 6.07) is 0.793. The summed E-state index contributed by atoms with van der Waals surface area (Å²) < 4.78 is 0. The highest BCUT2D eigenvalue weighted by atomic mass is 16.1. The lowest BCUT2D eigenvalue weighted by Crippen LogP contribution is -2.38. The molecule has 0 aromatic heterocycles. The van der Waals surface area contributed by atoms with E-state index < -0.39 is 0 Å². The molecule has 0 aromatic carbocycles. The van der Waals surface area contributed by atoms with Crippen LogP contribution in [0.15, 0.2) is 0 Å². The first-order valence-electron chi connectivity index (χ1n) is 7.75. The summed E-state index contributed by atoms with van der Waals surface area (Å²) in [5, 5.41) is 3.08. The normalized spacial score (nSPS) is 21.9. The molecule has 0 unspecified atom stereocenters. The molecule has 1 amide bonds. The van der Waals surface area contributed by atoms with Crippen LogP contribution in [0.3, 0.4) is 0 Å². The third-order valence-electron chi connectivity index (χ3n) is 4.66. The van der Waals surface area contributed by atoms with E-state index in [2.05, 4.69) is 17.3 Å². The fraction of sp³-hybridized carbons (Fsp3) is 0.933. The molecule has 104 valence electrons. The average Bonchev–Trinajstić information content (AvgIpc) is 2.33. The minimum Gasteiger partial charge on any atom is -0.356 e. The molecule has 0 atom stereocenters. The SMILES string of the molecule is CN(CCCNC(=O)C1CCC1)C1CCCCC1. The summed E-state index contributed by atoms with van der Waals surface area (Å²) in [6.45, 7) is 1.97. The maximum absolute atomic E-state index is 11.6. The molecule has 0 bridgehead atoms.